The number of hydrogen-bond acceptors (Lipinski definition) is 3. The molecule has 96 valence electrons. The highest BCUT2D eigenvalue weighted by atomic mass is 16.5. The smallest absolute Gasteiger partial charge is 0.0705 e. The van der Waals surface area contributed by atoms with E-state index in [9.17, 15) is 0 Å². The first-order valence-electron chi connectivity index (χ1n) is 6.45. The summed E-state index contributed by atoms with van der Waals surface area (Å²) < 4.78 is 5.66. The van der Waals surface area contributed by atoms with Gasteiger partial charge in [0.1, 0.15) is 0 Å². The van der Waals surface area contributed by atoms with E-state index < -0.39 is 0 Å². The fourth-order valence-corrected chi connectivity index (χ4v) is 2.11. The van der Waals surface area contributed by atoms with Gasteiger partial charge in [0.25, 0.3) is 0 Å². The van der Waals surface area contributed by atoms with Gasteiger partial charge in [0.15, 0.2) is 0 Å². The Kier molecular flexibility index (Phi) is 4.67. The maximum Gasteiger partial charge on any atom is 0.0705 e. The molecule has 0 amide bonds. The zero-order valence-corrected chi connectivity index (χ0v) is 11.0. The number of nitrogens with one attached hydrogen (secondary N) is 1. The first-order chi connectivity index (χ1) is 8.86. The normalized spacial score (nSPS) is 12.8. The zero-order chi connectivity index (χ0) is 12.8. The highest BCUT2D eigenvalue weighted by Crippen LogP contribution is 2.23. The van der Waals surface area contributed by atoms with Gasteiger partial charge in [-0.25, -0.2) is 0 Å². The van der Waals surface area contributed by atoms with Gasteiger partial charge in [-0.3, -0.25) is 4.98 Å². The topological polar surface area (TPSA) is 34.1 Å². The molecule has 1 aromatic carbocycles. The lowest BCUT2D eigenvalue weighted by Gasteiger charge is -2.18. The molecule has 0 fully saturated rings. The highest BCUT2D eigenvalue weighted by Gasteiger charge is 2.12. The third-order valence-electron chi connectivity index (χ3n) is 3.04. The standard InChI is InChI=1S/C15H20N2O/c1-3-10-18-11-15(16-2)13-6-4-8-14-12(13)7-5-9-17-14/h4-9,15-16H,3,10-11H2,1-2H3. The molecule has 0 saturated heterocycles. The predicted octanol–water partition coefficient (Wildman–Crippen LogP) is 2.92. The van der Waals surface area contributed by atoms with Gasteiger partial charge in [0.2, 0.25) is 0 Å². The van der Waals surface area contributed by atoms with Gasteiger partial charge in [-0.2, -0.15) is 0 Å². The van der Waals surface area contributed by atoms with Crippen molar-refractivity contribution in [3.05, 3.63) is 42.1 Å². The van der Waals surface area contributed by atoms with Crippen molar-refractivity contribution in [2.75, 3.05) is 20.3 Å². The lowest BCUT2D eigenvalue weighted by atomic mass is 10.0. The van der Waals surface area contributed by atoms with Crippen molar-refractivity contribution in [2.45, 2.75) is 19.4 Å². The van der Waals surface area contributed by atoms with E-state index >= 15 is 0 Å². The van der Waals surface area contributed by atoms with E-state index in [4.69, 9.17) is 4.74 Å². The molecule has 2 rings (SSSR count). The summed E-state index contributed by atoms with van der Waals surface area (Å²) in [5, 5.41) is 4.51. The molecule has 0 aliphatic rings. The minimum Gasteiger partial charge on any atom is -0.379 e. The SMILES string of the molecule is CCCOCC(NC)c1cccc2ncccc12. The predicted molar refractivity (Wildman–Crippen MR) is 74.7 cm³/mol. The van der Waals surface area contributed by atoms with E-state index in [0.717, 1.165) is 18.5 Å². The van der Waals surface area contributed by atoms with Crippen LogP contribution < -0.4 is 5.32 Å². The molecule has 0 radical (unpaired) electrons. The fraction of sp³-hybridized carbons (Fsp3) is 0.400. The lowest BCUT2D eigenvalue weighted by Crippen LogP contribution is -2.22. The van der Waals surface area contributed by atoms with Crippen LogP contribution in [-0.4, -0.2) is 25.2 Å². The minimum atomic E-state index is 0.212. The summed E-state index contributed by atoms with van der Waals surface area (Å²) in [6.07, 6.45) is 2.88. The molecule has 18 heavy (non-hydrogen) atoms. The number of ether oxygens (including phenoxy) is 1. The molecule has 0 saturated carbocycles. The Balaban J connectivity index is 2.27. The highest BCUT2D eigenvalue weighted by molar-refractivity contribution is 5.82. The van der Waals surface area contributed by atoms with Crippen molar-refractivity contribution >= 4 is 10.9 Å². The number of aromatic nitrogens is 1. The van der Waals surface area contributed by atoms with Crippen molar-refractivity contribution in [3.63, 3.8) is 0 Å². The molecule has 1 heterocycles. The molecule has 1 unspecified atom stereocenters. The van der Waals surface area contributed by atoms with E-state index in [2.05, 4.69) is 35.4 Å². The van der Waals surface area contributed by atoms with E-state index in [1.165, 1.54) is 10.9 Å². The Labute approximate surface area is 108 Å². The Morgan fingerprint density at radius 3 is 2.94 bits per heavy atom. The first kappa shape index (κ1) is 13.0. The van der Waals surface area contributed by atoms with Crippen LogP contribution in [0.2, 0.25) is 0 Å². The summed E-state index contributed by atoms with van der Waals surface area (Å²) in [6.45, 7) is 3.62. The van der Waals surface area contributed by atoms with Gasteiger partial charge in [-0.15, -0.1) is 0 Å². The van der Waals surface area contributed by atoms with Gasteiger partial charge in [-0.05, 0) is 31.2 Å². The van der Waals surface area contributed by atoms with E-state index in [0.29, 0.717) is 6.61 Å². The summed E-state index contributed by atoms with van der Waals surface area (Å²) in [5.74, 6) is 0. The fourth-order valence-electron chi connectivity index (χ4n) is 2.11. The molecule has 2 aromatic rings. The minimum absolute atomic E-state index is 0.212. The van der Waals surface area contributed by atoms with Crippen LogP contribution >= 0.6 is 0 Å². The molecular weight excluding hydrogens is 224 g/mol. The molecule has 0 bridgehead atoms. The Morgan fingerprint density at radius 2 is 2.17 bits per heavy atom. The maximum atomic E-state index is 5.66. The number of fused-ring (bicyclic) bond motifs is 1. The van der Waals surface area contributed by atoms with Gasteiger partial charge in [0, 0.05) is 18.2 Å². The van der Waals surface area contributed by atoms with E-state index in [-0.39, 0.29) is 6.04 Å². The molecule has 3 nitrogen and oxygen atoms in total. The van der Waals surface area contributed by atoms with Crippen LogP contribution in [0.25, 0.3) is 10.9 Å². The Morgan fingerprint density at radius 1 is 1.28 bits per heavy atom. The van der Waals surface area contributed by atoms with Crippen molar-refractivity contribution < 1.29 is 4.74 Å². The largest absolute Gasteiger partial charge is 0.379 e. The van der Waals surface area contributed by atoms with Crippen molar-refractivity contribution in [1.29, 1.82) is 0 Å². The summed E-state index contributed by atoms with van der Waals surface area (Å²) in [4.78, 5) is 4.39. The van der Waals surface area contributed by atoms with Gasteiger partial charge in [-0.1, -0.05) is 25.1 Å². The van der Waals surface area contributed by atoms with Crippen molar-refractivity contribution in [1.82, 2.24) is 10.3 Å². The summed E-state index contributed by atoms with van der Waals surface area (Å²) in [6, 6.07) is 10.5. The monoisotopic (exact) mass is 244 g/mol. The second kappa shape index (κ2) is 6.47. The van der Waals surface area contributed by atoms with Crippen LogP contribution in [-0.2, 0) is 4.74 Å². The third-order valence-corrected chi connectivity index (χ3v) is 3.04. The molecule has 1 aromatic heterocycles. The van der Waals surface area contributed by atoms with E-state index in [1.54, 1.807) is 0 Å². The zero-order valence-electron chi connectivity index (χ0n) is 11.0. The van der Waals surface area contributed by atoms with Crippen LogP contribution in [0.5, 0.6) is 0 Å². The Bertz CT molecular complexity index is 493. The Hall–Kier alpha value is -1.45. The lowest BCUT2D eigenvalue weighted by molar-refractivity contribution is 0.114. The van der Waals surface area contributed by atoms with E-state index in [1.807, 2.05) is 25.4 Å². The number of hydrogen-bond donors (Lipinski definition) is 1. The molecule has 0 aliphatic carbocycles. The molecule has 3 heteroatoms. The van der Waals surface area contributed by atoms with Crippen molar-refractivity contribution in [2.24, 2.45) is 0 Å². The summed E-state index contributed by atoms with van der Waals surface area (Å²) >= 11 is 0. The average molecular weight is 244 g/mol. The molecule has 1 N–H and O–H groups in total. The second-order valence-electron chi connectivity index (χ2n) is 4.33. The molecular formula is C15H20N2O. The van der Waals surface area contributed by atoms with Gasteiger partial charge >= 0.3 is 0 Å². The van der Waals surface area contributed by atoms with Crippen LogP contribution in [0.1, 0.15) is 24.9 Å². The summed E-state index contributed by atoms with van der Waals surface area (Å²) in [7, 11) is 1.97. The number of likely N-dealkylation sites (N-methyl/N-ethyl adjacent to an activating group) is 1. The number of benzene rings is 1. The van der Waals surface area contributed by atoms with Crippen LogP contribution in [0.3, 0.4) is 0 Å². The number of pyridine rings is 1. The van der Waals surface area contributed by atoms with Gasteiger partial charge in [0.05, 0.1) is 18.2 Å². The van der Waals surface area contributed by atoms with Crippen LogP contribution in [0.15, 0.2) is 36.5 Å². The number of nitrogens with zero attached hydrogens (tertiary/aromatic N) is 1. The first-order valence-corrected chi connectivity index (χ1v) is 6.45. The molecule has 0 aliphatic heterocycles. The summed E-state index contributed by atoms with van der Waals surface area (Å²) in [5.41, 5.74) is 2.28. The second-order valence-corrected chi connectivity index (χ2v) is 4.33. The molecule has 1 atom stereocenters. The van der Waals surface area contributed by atoms with Crippen LogP contribution in [0.4, 0.5) is 0 Å². The average Bonchev–Trinajstić information content (AvgIpc) is 2.43. The quantitative estimate of drug-likeness (QED) is 0.793. The van der Waals surface area contributed by atoms with Gasteiger partial charge < -0.3 is 10.1 Å². The molecule has 0 spiro atoms. The maximum absolute atomic E-state index is 5.66. The van der Waals surface area contributed by atoms with Crippen LogP contribution in [0, 0.1) is 0 Å². The number of rotatable bonds is 6. The third kappa shape index (κ3) is 2.86. The van der Waals surface area contributed by atoms with Crippen molar-refractivity contribution in [3.8, 4) is 0 Å².